The first kappa shape index (κ1) is 18.5. The Labute approximate surface area is 159 Å². The highest BCUT2D eigenvalue weighted by Gasteiger charge is 2.40. The third-order valence-electron chi connectivity index (χ3n) is 3.77. The van der Waals surface area contributed by atoms with Gasteiger partial charge in [-0.05, 0) is 23.6 Å². The SMILES string of the molecule is COc1ccc(N2C(=O)C(SCCO)=C(c3cccs3)C2=O)cc1OC. The molecule has 2 aromatic rings. The molecule has 8 heteroatoms. The quantitative estimate of drug-likeness (QED) is 0.732. The molecule has 0 fully saturated rings. The summed E-state index contributed by atoms with van der Waals surface area (Å²) in [6.45, 7) is -0.0796. The Morgan fingerprint density at radius 3 is 2.50 bits per heavy atom. The van der Waals surface area contributed by atoms with E-state index in [2.05, 4.69) is 0 Å². The molecule has 0 saturated heterocycles. The maximum Gasteiger partial charge on any atom is 0.272 e. The highest BCUT2D eigenvalue weighted by molar-refractivity contribution is 8.04. The van der Waals surface area contributed by atoms with Crippen molar-refractivity contribution < 1.29 is 24.2 Å². The number of thioether (sulfide) groups is 1. The zero-order valence-corrected chi connectivity index (χ0v) is 15.9. The number of benzene rings is 1. The first-order chi connectivity index (χ1) is 12.6. The molecule has 3 rings (SSSR count). The molecule has 1 aliphatic heterocycles. The summed E-state index contributed by atoms with van der Waals surface area (Å²) in [5, 5.41) is 11.0. The number of carbonyl (C=O) groups is 2. The molecule has 136 valence electrons. The molecule has 1 aromatic heterocycles. The molecule has 1 N–H and O–H groups in total. The zero-order valence-electron chi connectivity index (χ0n) is 14.2. The predicted molar refractivity (Wildman–Crippen MR) is 103 cm³/mol. The molecule has 0 unspecified atom stereocenters. The van der Waals surface area contributed by atoms with Gasteiger partial charge in [0.05, 0.1) is 37.0 Å². The van der Waals surface area contributed by atoms with E-state index in [0.717, 1.165) is 9.78 Å². The number of imide groups is 1. The summed E-state index contributed by atoms with van der Waals surface area (Å²) in [7, 11) is 3.01. The van der Waals surface area contributed by atoms with Gasteiger partial charge in [0.2, 0.25) is 0 Å². The van der Waals surface area contributed by atoms with Crippen LogP contribution in [0.25, 0.3) is 5.57 Å². The fraction of sp³-hybridized carbons (Fsp3) is 0.222. The number of hydrogen-bond donors (Lipinski definition) is 1. The first-order valence-corrected chi connectivity index (χ1v) is 9.61. The zero-order chi connectivity index (χ0) is 18.7. The summed E-state index contributed by atoms with van der Waals surface area (Å²) >= 11 is 2.58. The van der Waals surface area contributed by atoms with Gasteiger partial charge in [0.25, 0.3) is 11.8 Å². The largest absolute Gasteiger partial charge is 0.493 e. The van der Waals surface area contributed by atoms with Crippen LogP contribution in [0.15, 0.2) is 40.6 Å². The molecule has 0 spiro atoms. The normalized spacial score (nSPS) is 14.3. The van der Waals surface area contributed by atoms with Crippen LogP contribution < -0.4 is 14.4 Å². The number of aliphatic hydroxyl groups is 1. The standard InChI is InChI=1S/C18H17NO5S2/c1-23-12-6-5-11(10-13(12)24-2)19-17(21)15(14-4-3-8-25-14)16(18(19)22)26-9-7-20/h3-6,8,10,20H,7,9H2,1-2H3. The van der Waals surface area contributed by atoms with Crippen molar-refractivity contribution in [3.05, 3.63) is 45.5 Å². The molecule has 6 nitrogen and oxygen atoms in total. The Morgan fingerprint density at radius 1 is 1.12 bits per heavy atom. The van der Waals surface area contributed by atoms with Crippen LogP contribution in [0.1, 0.15) is 4.88 Å². The summed E-state index contributed by atoms with van der Waals surface area (Å²) in [5.74, 6) is 0.494. The van der Waals surface area contributed by atoms with Crippen LogP contribution in [0, 0.1) is 0 Å². The molecule has 2 amide bonds. The average molecular weight is 391 g/mol. The van der Waals surface area contributed by atoms with Gasteiger partial charge < -0.3 is 14.6 Å². The van der Waals surface area contributed by atoms with E-state index in [1.807, 2.05) is 17.5 Å². The van der Waals surface area contributed by atoms with E-state index in [-0.39, 0.29) is 12.5 Å². The number of methoxy groups -OCH3 is 2. The highest BCUT2D eigenvalue weighted by atomic mass is 32.2. The maximum absolute atomic E-state index is 13.0. The molecule has 1 aromatic carbocycles. The van der Waals surface area contributed by atoms with E-state index < -0.39 is 5.91 Å². The minimum absolute atomic E-state index is 0.0796. The van der Waals surface area contributed by atoms with E-state index >= 15 is 0 Å². The van der Waals surface area contributed by atoms with Crippen molar-refractivity contribution in [2.75, 3.05) is 31.5 Å². The Morgan fingerprint density at radius 2 is 1.88 bits per heavy atom. The summed E-state index contributed by atoms with van der Waals surface area (Å²) in [4.78, 5) is 28.2. The molecular weight excluding hydrogens is 374 g/mol. The van der Waals surface area contributed by atoms with Gasteiger partial charge in [-0.3, -0.25) is 9.59 Å². The van der Waals surface area contributed by atoms with E-state index in [4.69, 9.17) is 14.6 Å². The number of carbonyl (C=O) groups excluding carboxylic acids is 2. The summed E-state index contributed by atoms with van der Waals surface area (Å²) in [6, 6.07) is 8.53. The Hall–Kier alpha value is -2.29. The summed E-state index contributed by atoms with van der Waals surface area (Å²) in [6.07, 6.45) is 0. The van der Waals surface area contributed by atoms with Gasteiger partial charge in [0, 0.05) is 16.7 Å². The Bertz CT molecular complexity index is 860. The van der Waals surface area contributed by atoms with Crippen molar-refractivity contribution in [2.45, 2.75) is 0 Å². The maximum atomic E-state index is 13.0. The second-order valence-electron chi connectivity index (χ2n) is 5.24. The van der Waals surface area contributed by atoms with Gasteiger partial charge in [0.1, 0.15) is 0 Å². The lowest BCUT2D eigenvalue weighted by Crippen LogP contribution is -2.31. The number of rotatable bonds is 7. The topological polar surface area (TPSA) is 76.1 Å². The van der Waals surface area contributed by atoms with E-state index in [1.165, 1.54) is 37.3 Å². The summed E-state index contributed by atoms with van der Waals surface area (Å²) < 4.78 is 10.5. The average Bonchev–Trinajstić information content (AvgIpc) is 3.26. The molecule has 0 bridgehead atoms. The van der Waals surface area contributed by atoms with Gasteiger partial charge >= 0.3 is 0 Å². The number of amides is 2. The van der Waals surface area contributed by atoms with Gasteiger partial charge in [-0.2, -0.15) is 0 Å². The van der Waals surface area contributed by atoms with Gasteiger partial charge in [0.15, 0.2) is 11.5 Å². The van der Waals surface area contributed by atoms with Gasteiger partial charge in [-0.1, -0.05) is 6.07 Å². The van der Waals surface area contributed by atoms with Crippen molar-refractivity contribution in [3.8, 4) is 11.5 Å². The highest BCUT2D eigenvalue weighted by Crippen LogP contribution is 2.41. The van der Waals surface area contributed by atoms with Crippen LogP contribution in [-0.2, 0) is 9.59 Å². The van der Waals surface area contributed by atoms with Gasteiger partial charge in [-0.25, -0.2) is 4.90 Å². The minimum atomic E-state index is -0.399. The van der Waals surface area contributed by atoms with Crippen LogP contribution in [0.2, 0.25) is 0 Å². The van der Waals surface area contributed by atoms with Crippen molar-refractivity contribution >= 4 is 46.2 Å². The van der Waals surface area contributed by atoms with Gasteiger partial charge in [-0.15, -0.1) is 23.1 Å². The fourth-order valence-electron chi connectivity index (χ4n) is 2.63. The Kier molecular flexibility index (Phi) is 5.65. The lowest BCUT2D eigenvalue weighted by Gasteiger charge is -2.17. The first-order valence-electron chi connectivity index (χ1n) is 7.75. The number of ether oxygens (including phenoxy) is 2. The molecule has 2 heterocycles. The fourth-order valence-corrected chi connectivity index (χ4v) is 4.31. The van der Waals surface area contributed by atoms with Crippen molar-refractivity contribution in [2.24, 2.45) is 0 Å². The molecule has 0 aliphatic carbocycles. The van der Waals surface area contributed by atoms with Crippen molar-refractivity contribution in [3.63, 3.8) is 0 Å². The molecule has 0 atom stereocenters. The second-order valence-corrected chi connectivity index (χ2v) is 7.29. The van der Waals surface area contributed by atoms with Crippen LogP contribution in [0.5, 0.6) is 11.5 Å². The smallest absolute Gasteiger partial charge is 0.272 e. The number of aliphatic hydroxyl groups excluding tert-OH is 1. The van der Waals surface area contributed by atoms with E-state index in [9.17, 15) is 9.59 Å². The number of thiophene rings is 1. The molecule has 26 heavy (non-hydrogen) atoms. The monoisotopic (exact) mass is 391 g/mol. The van der Waals surface area contributed by atoms with Crippen LogP contribution in [-0.4, -0.2) is 43.5 Å². The lowest BCUT2D eigenvalue weighted by molar-refractivity contribution is -0.119. The number of hydrogen-bond acceptors (Lipinski definition) is 7. The Balaban J connectivity index is 2.04. The van der Waals surface area contributed by atoms with Crippen LogP contribution >= 0.6 is 23.1 Å². The van der Waals surface area contributed by atoms with Crippen molar-refractivity contribution in [1.29, 1.82) is 0 Å². The van der Waals surface area contributed by atoms with Crippen molar-refractivity contribution in [1.82, 2.24) is 0 Å². The summed E-state index contributed by atoms with van der Waals surface area (Å²) in [5.41, 5.74) is 0.782. The minimum Gasteiger partial charge on any atom is -0.493 e. The molecular formula is C18H17NO5S2. The molecule has 0 radical (unpaired) electrons. The van der Waals surface area contributed by atoms with Crippen LogP contribution in [0.4, 0.5) is 5.69 Å². The van der Waals surface area contributed by atoms with E-state index in [1.54, 1.807) is 18.2 Å². The molecule has 1 aliphatic rings. The molecule has 0 saturated carbocycles. The lowest BCUT2D eigenvalue weighted by atomic mass is 10.2. The predicted octanol–water partition coefficient (Wildman–Crippen LogP) is 2.78. The third-order valence-corrected chi connectivity index (χ3v) is 5.71. The number of nitrogens with zero attached hydrogens (tertiary/aromatic N) is 1. The third kappa shape index (κ3) is 3.23. The van der Waals surface area contributed by atoms with E-state index in [0.29, 0.717) is 33.4 Å². The second kappa shape index (κ2) is 7.94. The van der Waals surface area contributed by atoms with Crippen LogP contribution in [0.3, 0.4) is 0 Å². The number of anilines is 1.